The highest BCUT2D eigenvalue weighted by Gasteiger charge is 2.35. The van der Waals surface area contributed by atoms with E-state index in [0.717, 1.165) is 41.8 Å². The highest BCUT2D eigenvalue weighted by Crippen LogP contribution is 2.34. The first-order valence-corrected chi connectivity index (χ1v) is 9.37. The maximum atomic E-state index is 12.7. The Kier molecular flexibility index (Phi) is 5.83. The van der Waals surface area contributed by atoms with Crippen LogP contribution in [0.15, 0.2) is 33.9 Å². The number of ether oxygens (including phenoxy) is 1. The molecule has 1 fully saturated rings. The van der Waals surface area contributed by atoms with Gasteiger partial charge in [-0.1, -0.05) is 15.9 Å². The SMILES string of the molecule is COC(=O)C1=C(Nc2ccc(Br)cc2N2CCCC2)C(=O)N(CCO)C1. The molecule has 0 aliphatic carbocycles. The molecule has 7 nitrogen and oxygen atoms in total. The number of methoxy groups -OCH3 is 1. The minimum absolute atomic E-state index is 0.129. The average Bonchev–Trinajstić information content (AvgIpc) is 3.27. The molecule has 0 bridgehead atoms. The van der Waals surface area contributed by atoms with E-state index in [1.54, 1.807) is 0 Å². The summed E-state index contributed by atoms with van der Waals surface area (Å²) in [7, 11) is 1.29. The lowest BCUT2D eigenvalue weighted by Gasteiger charge is -2.23. The van der Waals surface area contributed by atoms with Crippen molar-refractivity contribution in [3.05, 3.63) is 33.9 Å². The monoisotopic (exact) mass is 423 g/mol. The molecule has 0 aromatic heterocycles. The summed E-state index contributed by atoms with van der Waals surface area (Å²) in [6.07, 6.45) is 2.26. The van der Waals surface area contributed by atoms with Gasteiger partial charge in [0.2, 0.25) is 0 Å². The van der Waals surface area contributed by atoms with Gasteiger partial charge in [-0.3, -0.25) is 4.79 Å². The fraction of sp³-hybridized carbons (Fsp3) is 0.444. The Labute approximate surface area is 160 Å². The summed E-state index contributed by atoms with van der Waals surface area (Å²) < 4.78 is 5.78. The van der Waals surface area contributed by atoms with Crippen LogP contribution in [-0.4, -0.2) is 61.8 Å². The van der Waals surface area contributed by atoms with Crippen LogP contribution < -0.4 is 10.2 Å². The number of hydrogen-bond acceptors (Lipinski definition) is 6. The molecule has 1 aromatic rings. The van der Waals surface area contributed by atoms with Crippen LogP contribution in [0.4, 0.5) is 11.4 Å². The molecule has 140 valence electrons. The van der Waals surface area contributed by atoms with Gasteiger partial charge in [0.05, 0.1) is 37.2 Å². The predicted octanol–water partition coefficient (Wildman–Crippen LogP) is 1.72. The van der Waals surface area contributed by atoms with E-state index in [1.807, 2.05) is 18.2 Å². The molecule has 0 saturated carbocycles. The molecular weight excluding hydrogens is 402 g/mol. The van der Waals surface area contributed by atoms with E-state index in [9.17, 15) is 9.59 Å². The highest BCUT2D eigenvalue weighted by molar-refractivity contribution is 9.10. The summed E-state index contributed by atoms with van der Waals surface area (Å²) >= 11 is 3.50. The topological polar surface area (TPSA) is 82.1 Å². The molecule has 0 spiro atoms. The zero-order valence-corrected chi connectivity index (χ0v) is 16.2. The van der Waals surface area contributed by atoms with Crippen molar-refractivity contribution in [2.24, 2.45) is 0 Å². The van der Waals surface area contributed by atoms with Gasteiger partial charge in [-0.2, -0.15) is 0 Å². The summed E-state index contributed by atoms with van der Waals surface area (Å²) in [5.41, 5.74) is 2.25. The maximum Gasteiger partial charge on any atom is 0.337 e. The van der Waals surface area contributed by atoms with Gasteiger partial charge in [-0.15, -0.1) is 0 Å². The number of nitrogens with zero attached hydrogens (tertiary/aromatic N) is 2. The Hall–Kier alpha value is -2.06. The van der Waals surface area contributed by atoms with Crippen LogP contribution in [0, 0.1) is 0 Å². The van der Waals surface area contributed by atoms with E-state index in [1.165, 1.54) is 12.0 Å². The minimum atomic E-state index is -0.541. The lowest BCUT2D eigenvalue weighted by molar-refractivity contribution is -0.136. The first kappa shape index (κ1) is 18.7. The van der Waals surface area contributed by atoms with E-state index in [-0.39, 0.29) is 36.9 Å². The maximum absolute atomic E-state index is 12.7. The van der Waals surface area contributed by atoms with E-state index < -0.39 is 5.97 Å². The third-order valence-corrected chi connectivity index (χ3v) is 5.11. The molecule has 3 rings (SSSR count). The second kappa shape index (κ2) is 8.09. The normalized spacial score (nSPS) is 17.3. The fourth-order valence-electron chi connectivity index (χ4n) is 3.31. The van der Waals surface area contributed by atoms with Crippen LogP contribution in [0.5, 0.6) is 0 Å². The van der Waals surface area contributed by atoms with Crippen molar-refractivity contribution in [3.63, 3.8) is 0 Å². The van der Waals surface area contributed by atoms with Gasteiger partial charge in [0, 0.05) is 24.1 Å². The van der Waals surface area contributed by atoms with Crippen LogP contribution in [0.2, 0.25) is 0 Å². The minimum Gasteiger partial charge on any atom is -0.466 e. The Morgan fingerprint density at radius 2 is 2.08 bits per heavy atom. The number of β-amino-alcohol motifs (C(OH)–C–C–N with tert-alkyl or cyclic N) is 1. The number of nitrogens with one attached hydrogen (secondary N) is 1. The molecule has 0 atom stereocenters. The van der Waals surface area contributed by atoms with E-state index in [0.29, 0.717) is 0 Å². The molecular formula is C18H22BrN3O4. The van der Waals surface area contributed by atoms with Crippen LogP contribution in [0.3, 0.4) is 0 Å². The highest BCUT2D eigenvalue weighted by atomic mass is 79.9. The van der Waals surface area contributed by atoms with E-state index >= 15 is 0 Å². The van der Waals surface area contributed by atoms with Crippen molar-refractivity contribution in [1.29, 1.82) is 0 Å². The number of carbonyl (C=O) groups is 2. The van der Waals surface area contributed by atoms with Crippen LogP contribution >= 0.6 is 15.9 Å². The summed E-state index contributed by atoms with van der Waals surface area (Å²) in [4.78, 5) is 28.5. The fourth-order valence-corrected chi connectivity index (χ4v) is 3.66. The molecule has 1 amide bonds. The van der Waals surface area contributed by atoms with Gasteiger partial charge >= 0.3 is 5.97 Å². The van der Waals surface area contributed by atoms with Crippen molar-refractivity contribution < 1.29 is 19.4 Å². The summed E-state index contributed by atoms with van der Waals surface area (Å²) in [5, 5.41) is 12.3. The standard InChI is InChI=1S/C18H22BrN3O4/c1-26-18(25)13-11-22(8-9-23)17(24)16(13)20-14-5-4-12(19)10-15(14)21-6-2-3-7-21/h4-5,10,20,23H,2-3,6-9,11H2,1H3. The Morgan fingerprint density at radius 3 is 2.73 bits per heavy atom. The zero-order chi connectivity index (χ0) is 18.7. The van der Waals surface area contributed by atoms with Crippen molar-refractivity contribution >= 4 is 39.2 Å². The van der Waals surface area contributed by atoms with E-state index in [2.05, 4.69) is 26.1 Å². The van der Waals surface area contributed by atoms with E-state index in [4.69, 9.17) is 9.84 Å². The summed E-state index contributed by atoms with van der Waals surface area (Å²) in [6.45, 7) is 2.05. The number of aliphatic hydroxyl groups is 1. The number of carbonyl (C=O) groups excluding carboxylic acids is 2. The van der Waals surface area contributed by atoms with Crippen molar-refractivity contribution in [2.45, 2.75) is 12.8 Å². The largest absolute Gasteiger partial charge is 0.466 e. The van der Waals surface area contributed by atoms with Gasteiger partial charge in [-0.05, 0) is 31.0 Å². The molecule has 0 unspecified atom stereocenters. The molecule has 1 saturated heterocycles. The lowest BCUT2D eigenvalue weighted by Crippen LogP contribution is -2.31. The molecule has 26 heavy (non-hydrogen) atoms. The number of halogens is 1. The molecule has 8 heteroatoms. The number of esters is 1. The quantitative estimate of drug-likeness (QED) is 0.677. The summed E-state index contributed by atoms with van der Waals surface area (Å²) in [5.74, 6) is -0.851. The third kappa shape index (κ3) is 3.71. The third-order valence-electron chi connectivity index (χ3n) is 4.62. The number of rotatable bonds is 6. The van der Waals surface area contributed by atoms with Crippen LogP contribution in [-0.2, 0) is 14.3 Å². The molecule has 2 N–H and O–H groups in total. The molecule has 2 aliphatic rings. The Morgan fingerprint density at radius 1 is 1.35 bits per heavy atom. The molecule has 2 heterocycles. The second-order valence-electron chi connectivity index (χ2n) is 6.28. The molecule has 0 radical (unpaired) electrons. The average molecular weight is 424 g/mol. The second-order valence-corrected chi connectivity index (χ2v) is 7.19. The Bertz CT molecular complexity index is 744. The number of benzene rings is 1. The first-order valence-electron chi connectivity index (χ1n) is 8.58. The zero-order valence-electron chi connectivity index (χ0n) is 14.6. The number of hydrogen-bond donors (Lipinski definition) is 2. The number of amides is 1. The van der Waals surface area contributed by atoms with Crippen molar-refractivity contribution in [2.75, 3.05) is 50.1 Å². The van der Waals surface area contributed by atoms with Gasteiger partial charge in [0.15, 0.2) is 0 Å². The number of aliphatic hydroxyl groups excluding tert-OH is 1. The van der Waals surface area contributed by atoms with Crippen LogP contribution in [0.25, 0.3) is 0 Å². The lowest BCUT2D eigenvalue weighted by atomic mass is 10.2. The van der Waals surface area contributed by atoms with Crippen molar-refractivity contribution in [3.8, 4) is 0 Å². The van der Waals surface area contributed by atoms with Gasteiger partial charge in [0.25, 0.3) is 5.91 Å². The van der Waals surface area contributed by atoms with Gasteiger partial charge in [-0.25, -0.2) is 4.79 Å². The number of anilines is 2. The smallest absolute Gasteiger partial charge is 0.337 e. The molecule has 1 aromatic carbocycles. The van der Waals surface area contributed by atoms with Gasteiger partial charge in [0.1, 0.15) is 5.70 Å². The predicted molar refractivity (Wildman–Crippen MR) is 102 cm³/mol. The van der Waals surface area contributed by atoms with Gasteiger partial charge < -0.3 is 25.0 Å². The van der Waals surface area contributed by atoms with Crippen LogP contribution in [0.1, 0.15) is 12.8 Å². The molecule has 2 aliphatic heterocycles. The summed E-state index contributed by atoms with van der Waals surface area (Å²) in [6, 6.07) is 5.80. The van der Waals surface area contributed by atoms with Crippen molar-refractivity contribution in [1.82, 2.24) is 4.90 Å². The Balaban J connectivity index is 1.95. The first-order chi connectivity index (χ1) is 12.5.